The summed E-state index contributed by atoms with van der Waals surface area (Å²) in [5.41, 5.74) is 4.00. The van der Waals surface area contributed by atoms with Gasteiger partial charge in [-0.2, -0.15) is 5.26 Å². The van der Waals surface area contributed by atoms with Crippen molar-refractivity contribution in [3.8, 4) is 6.19 Å². The second kappa shape index (κ2) is 10.2. The topological polar surface area (TPSA) is 71.7 Å². The lowest BCUT2D eigenvalue weighted by Crippen LogP contribution is -2.44. The summed E-state index contributed by atoms with van der Waals surface area (Å²) >= 11 is 0. The molecule has 5 nitrogen and oxygen atoms in total. The highest BCUT2D eigenvalue weighted by Gasteiger charge is 2.23. The first kappa shape index (κ1) is 21.1. The Morgan fingerprint density at radius 3 is 2.13 bits per heavy atom. The number of likely N-dealkylation sites (N-methyl/N-ethyl adjacent to an activating group) is 1. The van der Waals surface area contributed by atoms with Crippen LogP contribution < -0.4 is 5.32 Å². The molecule has 2 atom stereocenters. The van der Waals surface area contributed by atoms with E-state index in [9.17, 15) is 10.4 Å². The molecule has 0 aliphatic rings. The number of nitrogens with zero attached hydrogens (tertiary/aromatic N) is 3. The molecule has 3 rings (SSSR count). The first-order valence-electron chi connectivity index (χ1n) is 9.91. The summed E-state index contributed by atoms with van der Waals surface area (Å²) in [6.45, 7) is 1.90. The lowest BCUT2D eigenvalue weighted by molar-refractivity contribution is 0.102. The van der Waals surface area contributed by atoms with Gasteiger partial charge in [-0.15, -0.1) is 0 Å². The van der Waals surface area contributed by atoms with Gasteiger partial charge in [-0.3, -0.25) is 5.32 Å². The fourth-order valence-corrected chi connectivity index (χ4v) is 3.22. The number of nitrogens with one attached hydrogen (secondary N) is 1. The van der Waals surface area contributed by atoms with Gasteiger partial charge in [0, 0.05) is 7.05 Å². The van der Waals surface area contributed by atoms with Crippen LogP contribution in [0.25, 0.3) is 0 Å². The van der Waals surface area contributed by atoms with Gasteiger partial charge in [0.2, 0.25) is 5.96 Å². The van der Waals surface area contributed by atoms with Crippen molar-refractivity contribution in [2.75, 3.05) is 7.05 Å². The second-order valence-electron chi connectivity index (χ2n) is 7.21. The van der Waals surface area contributed by atoms with E-state index < -0.39 is 6.10 Å². The molecule has 0 saturated carbocycles. The van der Waals surface area contributed by atoms with Gasteiger partial charge >= 0.3 is 0 Å². The van der Waals surface area contributed by atoms with E-state index in [0.717, 1.165) is 17.7 Å². The summed E-state index contributed by atoms with van der Waals surface area (Å²) < 4.78 is 0. The highest BCUT2D eigenvalue weighted by Crippen LogP contribution is 2.21. The molecule has 0 aromatic heterocycles. The summed E-state index contributed by atoms with van der Waals surface area (Å²) in [6, 6.07) is 27.4. The molecule has 3 aromatic rings. The molecule has 0 radical (unpaired) electrons. The van der Waals surface area contributed by atoms with Crippen LogP contribution in [0.3, 0.4) is 0 Å². The van der Waals surface area contributed by atoms with Crippen LogP contribution in [0.5, 0.6) is 0 Å². The summed E-state index contributed by atoms with van der Waals surface area (Å²) in [5, 5.41) is 22.5. The number of nitriles is 1. The molecule has 0 spiro atoms. The maximum absolute atomic E-state index is 10.7. The van der Waals surface area contributed by atoms with Crippen LogP contribution >= 0.6 is 0 Å². The predicted molar refractivity (Wildman–Crippen MR) is 120 cm³/mol. The number of hydrogen-bond donors (Lipinski definition) is 2. The number of guanidine groups is 1. The van der Waals surface area contributed by atoms with E-state index in [1.54, 1.807) is 4.90 Å². The lowest BCUT2D eigenvalue weighted by Gasteiger charge is -2.30. The molecule has 0 fully saturated rings. The first-order valence-corrected chi connectivity index (χ1v) is 9.91. The van der Waals surface area contributed by atoms with Gasteiger partial charge in [0.15, 0.2) is 6.19 Å². The van der Waals surface area contributed by atoms with Gasteiger partial charge in [0.1, 0.15) is 0 Å². The molecule has 0 bridgehead atoms. The van der Waals surface area contributed by atoms with E-state index in [1.807, 2.05) is 93.0 Å². The van der Waals surface area contributed by atoms with Crippen LogP contribution in [0, 0.1) is 11.5 Å². The zero-order chi connectivity index (χ0) is 21.3. The minimum atomic E-state index is -0.713. The Morgan fingerprint density at radius 1 is 0.967 bits per heavy atom. The van der Waals surface area contributed by atoms with Crippen LogP contribution in [0.15, 0.2) is 89.9 Å². The van der Waals surface area contributed by atoms with Gasteiger partial charge < -0.3 is 10.0 Å². The number of benzene rings is 3. The number of aliphatic hydroxyl groups is 1. The largest absolute Gasteiger partial charge is 0.386 e. The number of aliphatic imine (C=N–C) groups is 1. The Hall–Kier alpha value is -3.62. The summed E-state index contributed by atoms with van der Waals surface area (Å²) in [6.07, 6.45) is 2.09. The minimum Gasteiger partial charge on any atom is -0.386 e. The third kappa shape index (κ3) is 5.47. The molecule has 152 valence electrons. The van der Waals surface area contributed by atoms with Crippen molar-refractivity contribution >= 4 is 11.6 Å². The van der Waals surface area contributed by atoms with Crippen molar-refractivity contribution in [3.05, 3.63) is 102 Å². The molecule has 2 N–H and O–H groups in total. The third-order valence-corrected chi connectivity index (χ3v) is 5.13. The minimum absolute atomic E-state index is 0.288. The molecule has 5 heteroatoms. The van der Waals surface area contributed by atoms with Crippen LogP contribution in [-0.4, -0.2) is 29.1 Å². The van der Waals surface area contributed by atoms with Crippen molar-refractivity contribution < 1.29 is 5.11 Å². The van der Waals surface area contributed by atoms with E-state index in [4.69, 9.17) is 0 Å². The van der Waals surface area contributed by atoms with Crippen LogP contribution in [-0.2, 0) is 6.42 Å². The molecule has 3 aromatic carbocycles. The average molecular weight is 399 g/mol. The maximum Gasteiger partial charge on any atom is 0.212 e. The lowest BCUT2D eigenvalue weighted by atomic mass is 10.0. The van der Waals surface area contributed by atoms with Crippen molar-refractivity contribution in [2.45, 2.75) is 25.5 Å². The average Bonchev–Trinajstić information content (AvgIpc) is 2.80. The molecular formula is C25H26N4O. The zero-order valence-corrected chi connectivity index (χ0v) is 17.2. The Kier molecular flexibility index (Phi) is 7.20. The van der Waals surface area contributed by atoms with Gasteiger partial charge in [-0.1, -0.05) is 72.8 Å². The Morgan fingerprint density at radius 2 is 1.53 bits per heavy atom. The van der Waals surface area contributed by atoms with Crippen molar-refractivity contribution in [3.63, 3.8) is 0 Å². The van der Waals surface area contributed by atoms with E-state index >= 15 is 0 Å². The first-order chi connectivity index (χ1) is 14.6. The molecular weight excluding hydrogens is 372 g/mol. The fourth-order valence-electron chi connectivity index (χ4n) is 3.22. The standard InChI is InChI=1S/C25H26N4O/c1-19(24(30)22-11-7-4-8-12-22)29(2)25(27-18-26)28-23-15-13-21(14-16-23)17-20-9-5-3-6-10-20/h3-16,19,24,30H,17H2,1-2H3,(H,27,28)/t19-,24-/m1/s1. The van der Waals surface area contributed by atoms with Crippen LogP contribution in [0.1, 0.15) is 29.7 Å². The van der Waals surface area contributed by atoms with Crippen molar-refractivity contribution in [1.82, 2.24) is 10.2 Å². The van der Waals surface area contributed by atoms with Crippen molar-refractivity contribution in [2.24, 2.45) is 4.99 Å². The monoisotopic (exact) mass is 398 g/mol. The quantitative estimate of drug-likeness (QED) is 0.280. The van der Waals surface area contributed by atoms with Gasteiger partial charge in [0.25, 0.3) is 0 Å². The maximum atomic E-state index is 10.7. The molecule has 0 aliphatic heterocycles. The number of rotatable bonds is 6. The van der Waals surface area contributed by atoms with Crippen LogP contribution in [0.4, 0.5) is 5.69 Å². The summed E-state index contributed by atoms with van der Waals surface area (Å²) in [5.74, 6) is 0.385. The second-order valence-corrected chi connectivity index (χ2v) is 7.21. The molecule has 0 unspecified atom stereocenters. The number of hydrogen-bond acceptors (Lipinski definition) is 3. The normalized spacial score (nSPS) is 13.2. The Bertz CT molecular complexity index is 995. The SMILES string of the molecule is C[C@H]([C@@H](O)c1ccccc1)N(C)C(=Nc1ccc(Cc2ccccc2)cc1)NC#N. The molecule has 0 saturated heterocycles. The smallest absolute Gasteiger partial charge is 0.212 e. The molecule has 0 aliphatic carbocycles. The van der Waals surface area contributed by atoms with E-state index in [-0.39, 0.29) is 6.04 Å². The summed E-state index contributed by atoms with van der Waals surface area (Å²) in [4.78, 5) is 6.37. The molecule has 0 amide bonds. The third-order valence-electron chi connectivity index (χ3n) is 5.13. The molecule has 30 heavy (non-hydrogen) atoms. The van der Waals surface area contributed by atoms with E-state index in [1.165, 1.54) is 11.1 Å². The Balaban J connectivity index is 1.75. The van der Waals surface area contributed by atoms with Crippen molar-refractivity contribution in [1.29, 1.82) is 5.26 Å². The van der Waals surface area contributed by atoms with Crippen LogP contribution in [0.2, 0.25) is 0 Å². The van der Waals surface area contributed by atoms with Gasteiger partial charge in [-0.25, -0.2) is 4.99 Å². The number of aliphatic hydroxyl groups excluding tert-OH is 1. The van der Waals surface area contributed by atoms with Gasteiger partial charge in [0.05, 0.1) is 17.8 Å². The zero-order valence-electron chi connectivity index (χ0n) is 17.2. The summed E-state index contributed by atoms with van der Waals surface area (Å²) in [7, 11) is 1.81. The predicted octanol–water partition coefficient (Wildman–Crippen LogP) is 4.39. The highest BCUT2D eigenvalue weighted by molar-refractivity contribution is 5.84. The van der Waals surface area contributed by atoms with E-state index in [0.29, 0.717) is 5.96 Å². The highest BCUT2D eigenvalue weighted by atomic mass is 16.3. The van der Waals surface area contributed by atoms with E-state index in [2.05, 4.69) is 22.4 Å². The molecule has 0 heterocycles. The fraction of sp³-hybridized carbons (Fsp3) is 0.200. The van der Waals surface area contributed by atoms with Gasteiger partial charge in [-0.05, 0) is 42.2 Å². The Labute approximate surface area is 177 Å².